The molecule has 1 heterocycles. The molecule has 113 valence electrons. The van der Waals surface area contributed by atoms with Gasteiger partial charge in [-0.25, -0.2) is 0 Å². The monoisotopic (exact) mass is 318 g/mol. The molecule has 1 rings (SSSR count). The molecule has 0 saturated carbocycles. The maximum atomic E-state index is 11.5. The van der Waals surface area contributed by atoms with Gasteiger partial charge in [0.25, 0.3) is 0 Å². The third kappa shape index (κ3) is 6.66. The van der Waals surface area contributed by atoms with Gasteiger partial charge in [0.1, 0.15) is 7.85 Å². The van der Waals surface area contributed by atoms with Crippen LogP contribution >= 0.6 is 0 Å². The van der Waals surface area contributed by atoms with Crippen molar-refractivity contribution in [3.8, 4) is 0 Å². The van der Waals surface area contributed by atoms with Crippen LogP contribution in [0.2, 0.25) is 0 Å². The summed E-state index contributed by atoms with van der Waals surface area (Å²) < 4.78 is 10.9. The van der Waals surface area contributed by atoms with E-state index in [2.05, 4.69) is 12.2 Å². The van der Waals surface area contributed by atoms with E-state index in [-0.39, 0.29) is 55.8 Å². The number of carbonyl (C=O) groups is 1. The first kappa shape index (κ1) is 22.3. The average Bonchev–Trinajstić information content (AvgIpc) is 2.60. The third-order valence-electron chi connectivity index (χ3n) is 3.51. The summed E-state index contributed by atoms with van der Waals surface area (Å²) in [6.45, 7) is 7.37. The minimum Gasteiger partial charge on any atom is -0.416 e. The van der Waals surface area contributed by atoms with Gasteiger partial charge < -0.3 is 29.1 Å². The summed E-state index contributed by atoms with van der Waals surface area (Å²) >= 11 is 0. The van der Waals surface area contributed by atoms with Crippen molar-refractivity contribution in [3.05, 3.63) is 14.4 Å². The molecule has 1 N–H and O–H groups in total. The Morgan fingerprint density at radius 3 is 2.65 bits per heavy atom. The first-order valence-electron chi connectivity index (χ1n) is 6.62. The van der Waals surface area contributed by atoms with Crippen LogP contribution in [0, 0.1) is 26.2 Å². The fraction of sp³-hybridized carbons (Fsp3) is 0.786. The molecule has 6 heteroatoms. The Morgan fingerprint density at radius 2 is 2.10 bits per heavy atom. The molecular weight excluding hydrogens is 292 g/mol. The molecule has 2 unspecified atom stereocenters. The van der Waals surface area contributed by atoms with E-state index in [0.29, 0.717) is 6.42 Å². The molecule has 1 amide bonds. The van der Waals surface area contributed by atoms with Gasteiger partial charge in [-0.15, -0.1) is 0 Å². The molecule has 3 radical (unpaired) electrons. The van der Waals surface area contributed by atoms with E-state index < -0.39 is 0 Å². The predicted molar refractivity (Wildman–Crippen MR) is 77.6 cm³/mol. The molecule has 0 aromatic rings. The van der Waals surface area contributed by atoms with Crippen LogP contribution in [0.15, 0.2) is 0 Å². The molecular formula is C14H26BNO3V. The molecule has 1 fully saturated rings. The van der Waals surface area contributed by atoms with Gasteiger partial charge in [-0.3, -0.25) is 4.79 Å². The average molecular weight is 318 g/mol. The van der Waals surface area contributed by atoms with Gasteiger partial charge in [0, 0.05) is 32.7 Å². The van der Waals surface area contributed by atoms with Gasteiger partial charge in [0.15, 0.2) is 0 Å². The van der Waals surface area contributed by atoms with Crippen LogP contribution in [0.5, 0.6) is 0 Å². The largest absolute Gasteiger partial charge is 2.00 e. The van der Waals surface area contributed by atoms with Crippen LogP contribution in [0.4, 0.5) is 0 Å². The molecule has 1 aliphatic heterocycles. The number of amides is 1. The molecule has 4 nitrogen and oxygen atoms in total. The number of ether oxygens (including phenoxy) is 2. The Labute approximate surface area is 137 Å². The second kappa shape index (κ2) is 11.7. The van der Waals surface area contributed by atoms with Crippen LogP contribution in [-0.4, -0.2) is 46.1 Å². The van der Waals surface area contributed by atoms with Crippen molar-refractivity contribution in [2.24, 2.45) is 11.8 Å². The zero-order valence-electron chi connectivity index (χ0n) is 12.8. The number of rotatable bonds is 7. The normalized spacial score (nSPS) is 28.4. The summed E-state index contributed by atoms with van der Waals surface area (Å²) in [5, 5.41) is 2.64. The fourth-order valence-corrected chi connectivity index (χ4v) is 2.47. The van der Waals surface area contributed by atoms with E-state index in [1.54, 1.807) is 7.05 Å². The first-order chi connectivity index (χ1) is 8.60. The van der Waals surface area contributed by atoms with Gasteiger partial charge in [-0.1, -0.05) is 6.10 Å². The van der Waals surface area contributed by atoms with Crippen LogP contribution in [0.25, 0.3) is 0 Å². The smallest absolute Gasteiger partial charge is 0.416 e. The molecule has 0 aliphatic carbocycles. The summed E-state index contributed by atoms with van der Waals surface area (Å²) in [7, 11) is 7.60. The van der Waals surface area contributed by atoms with E-state index in [0.717, 1.165) is 26.1 Å². The maximum Gasteiger partial charge on any atom is 2.00 e. The van der Waals surface area contributed by atoms with Crippen molar-refractivity contribution in [1.29, 1.82) is 0 Å². The van der Waals surface area contributed by atoms with Crippen molar-refractivity contribution >= 4 is 13.8 Å². The molecule has 0 spiro atoms. The van der Waals surface area contributed by atoms with E-state index in [9.17, 15) is 4.79 Å². The zero-order valence-corrected chi connectivity index (χ0v) is 14.2. The minimum atomic E-state index is -0.316. The number of carbonyl (C=O) groups excluding carboxylic acids is 1. The maximum absolute atomic E-state index is 11.5. The Kier molecular flexibility index (Phi) is 13.0. The van der Waals surface area contributed by atoms with E-state index >= 15 is 0 Å². The van der Waals surface area contributed by atoms with Crippen LogP contribution in [-0.2, 0) is 32.8 Å². The Balaban J connectivity index is 0. The Hall–Kier alpha value is 0.0394. The van der Waals surface area contributed by atoms with Crippen molar-refractivity contribution in [2.75, 3.05) is 20.3 Å². The van der Waals surface area contributed by atoms with Crippen LogP contribution < -0.4 is 5.32 Å². The molecule has 0 aromatic heterocycles. The molecule has 0 bridgehead atoms. The topological polar surface area (TPSA) is 47.6 Å². The molecule has 0 aromatic carbocycles. The standard InChI is InChI=1S/C13H23BNO3.CH3.V/c1-4-17-7-5-6-10-11(8-12(16)15-3)9(2)18-13(10)14;;/h9-11,13H,2,4-8H2,1,3H3,(H,15,16);1H3;/q2*-1;+2/t9-,10?,11?,13-;;/m1../s1. The quantitative estimate of drug-likeness (QED) is 0.438. The summed E-state index contributed by atoms with van der Waals surface area (Å²) in [5.41, 5.74) is 0. The van der Waals surface area contributed by atoms with Gasteiger partial charge in [0.05, 0.1) is 0 Å². The van der Waals surface area contributed by atoms with Crippen molar-refractivity contribution in [3.63, 3.8) is 0 Å². The zero-order chi connectivity index (χ0) is 13.5. The molecule has 4 atom stereocenters. The third-order valence-corrected chi connectivity index (χ3v) is 3.51. The van der Waals surface area contributed by atoms with Crippen molar-refractivity contribution in [2.45, 2.75) is 38.3 Å². The van der Waals surface area contributed by atoms with Gasteiger partial charge in [-0.05, 0) is 31.6 Å². The van der Waals surface area contributed by atoms with E-state index in [1.165, 1.54) is 0 Å². The van der Waals surface area contributed by atoms with Crippen molar-refractivity contribution < 1.29 is 32.8 Å². The summed E-state index contributed by atoms with van der Waals surface area (Å²) in [4.78, 5) is 11.5. The van der Waals surface area contributed by atoms with E-state index in [4.69, 9.17) is 17.3 Å². The Bertz CT molecular complexity index is 269. The summed E-state index contributed by atoms with van der Waals surface area (Å²) in [5.74, 6) is 0.299. The van der Waals surface area contributed by atoms with Gasteiger partial charge >= 0.3 is 18.6 Å². The summed E-state index contributed by atoms with van der Waals surface area (Å²) in [6, 6.07) is -0.316. The van der Waals surface area contributed by atoms with Gasteiger partial charge in [0.2, 0.25) is 5.91 Å². The number of hydrogen-bond acceptors (Lipinski definition) is 3. The molecule has 1 saturated heterocycles. The predicted octanol–water partition coefficient (Wildman–Crippen LogP) is 1.35. The molecule has 20 heavy (non-hydrogen) atoms. The SMILES string of the molecule is [B][C@@H]1O[C@H]([CH2-])C(CC(=O)NC)C1CCCOCC.[CH3-].[V+2]. The molecule has 1 aliphatic rings. The van der Waals surface area contributed by atoms with Gasteiger partial charge in [-0.2, -0.15) is 0 Å². The van der Waals surface area contributed by atoms with Crippen LogP contribution in [0.1, 0.15) is 26.2 Å². The fourth-order valence-electron chi connectivity index (χ4n) is 2.47. The minimum absolute atomic E-state index is 0. The van der Waals surface area contributed by atoms with E-state index in [1.807, 2.05) is 6.92 Å². The number of nitrogens with one attached hydrogen (secondary N) is 1. The van der Waals surface area contributed by atoms with Crippen molar-refractivity contribution in [1.82, 2.24) is 5.32 Å². The van der Waals surface area contributed by atoms with Crippen LogP contribution in [0.3, 0.4) is 0 Å². The number of hydrogen-bond donors (Lipinski definition) is 1. The summed E-state index contributed by atoms with van der Waals surface area (Å²) in [6.07, 6.45) is 2.08. The second-order valence-electron chi connectivity index (χ2n) is 4.68. The first-order valence-corrected chi connectivity index (χ1v) is 6.62. The Morgan fingerprint density at radius 1 is 1.45 bits per heavy atom. The second-order valence-corrected chi connectivity index (χ2v) is 4.68.